The third-order valence-corrected chi connectivity index (χ3v) is 4.68. The molecule has 0 spiro atoms. The van der Waals surface area contributed by atoms with Gasteiger partial charge >= 0.3 is 0 Å². The molecule has 4 nitrogen and oxygen atoms in total. The highest BCUT2D eigenvalue weighted by atomic mass is 16.2. The normalized spacial score (nSPS) is 21.3. The number of likely N-dealkylation sites (N-methyl/N-ethyl adjacent to an activating group) is 1. The van der Waals surface area contributed by atoms with Crippen molar-refractivity contribution in [2.45, 2.75) is 38.1 Å². The molecule has 0 radical (unpaired) electrons. The number of likely N-dealkylation sites (tertiary alicyclic amines) is 1. The Morgan fingerprint density at radius 3 is 2.86 bits per heavy atom. The monoisotopic (exact) mass is 286 g/mol. The highest BCUT2D eigenvalue weighted by Gasteiger charge is 2.31. The molecule has 112 valence electrons. The highest BCUT2D eigenvalue weighted by molar-refractivity contribution is 5.98. The molecular weight excluding hydrogens is 264 g/mol. The number of hydrogen-bond donors (Lipinski definition) is 1. The summed E-state index contributed by atoms with van der Waals surface area (Å²) in [6, 6.07) is 5.94. The second-order valence-corrected chi connectivity index (χ2v) is 6.00. The van der Waals surface area contributed by atoms with Gasteiger partial charge in [-0.25, -0.2) is 0 Å². The summed E-state index contributed by atoms with van der Waals surface area (Å²) in [4.78, 5) is 26.3. The third kappa shape index (κ3) is 2.86. The standard InChI is InChI=1S/C17H22N2O2/c1-18-17(21)15-6-3-9-19(15)11-16(20)14-8-7-12-4-2-5-13(12)10-14/h7-8,10,15H,2-6,9,11H2,1H3,(H,18,21). The predicted octanol–water partition coefficient (Wildman–Crippen LogP) is 1.57. The number of Topliss-reactive ketones (excluding diaryl/α,β-unsaturated/α-hetero) is 1. The number of carbonyl (C=O) groups is 2. The molecular formula is C17H22N2O2. The molecule has 1 unspecified atom stereocenters. The Labute approximate surface area is 125 Å². The van der Waals surface area contributed by atoms with Crippen LogP contribution in [0.1, 0.15) is 40.7 Å². The maximum atomic E-state index is 12.5. The highest BCUT2D eigenvalue weighted by Crippen LogP contribution is 2.24. The molecule has 1 saturated heterocycles. The van der Waals surface area contributed by atoms with Gasteiger partial charge in [0.05, 0.1) is 12.6 Å². The summed E-state index contributed by atoms with van der Waals surface area (Å²) in [7, 11) is 1.65. The van der Waals surface area contributed by atoms with Gasteiger partial charge in [0.1, 0.15) is 0 Å². The number of amides is 1. The zero-order valence-electron chi connectivity index (χ0n) is 12.5. The van der Waals surface area contributed by atoms with Gasteiger partial charge in [-0.2, -0.15) is 0 Å². The fourth-order valence-corrected chi connectivity index (χ4v) is 3.50. The van der Waals surface area contributed by atoms with E-state index in [1.807, 2.05) is 11.0 Å². The topological polar surface area (TPSA) is 49.4 Å². The van der Waals surface area contributed by atoms with E-state index in [1.54, 1.807) is 7.05 Å². The molecule has 1 aromatic rings. The zero-order chi connectivity index (χ0) is 14.8. The molecule has 1 heterocycles. The second kappa shape index (κ2) is 5.98. The Kier molecular flexibility index (Phi) is 4.06. The van der Waals surface area contributed by atoms with Crippen molar-refractivity contribution in [1.29, 1.82) is 0 Å². The van der Waals surface area contributed by atoms with E-state index in [1.165, 1.54) is 17.5 Å². The van der Waals surface area contributed by atoms with Gasteiger partial charge in [0.2, 0.25) is 5.91 Å². The first-order valence-electron chi connectivity index (χ1n) is 7.79. The van der Waals surface area contributed by atoms with Crippen LogP contribution in [0.15, 0.2) is 18.2 Å². The summed E-state index contributed by atoms with van der Waals surface area (Å²) in [5.41, 5.74) is 3.50. The Morgan fingerprint density at radius 2 is 2.05 bits per heavy atom. The third-order valence-electron chi connectivity index (χ3n) is 4.68. The molecule has 21 heavy (non-hydrogen) atoms. The minimum absolute atomic E-state index is 0.0225. The largest absolute Gasteiger partial charge is 0.358 e. The van der Waals surface area contributed by atoms with Gasteiger partial charge in [0.25, 0.3) is 0 Å². The SMILES string of the molecule is CNC(=O)C1CCCN1CC(=O)c1ccc2c(c1)CCC2. The Balaban J connectivity index is 1.70. The number of fused-ring (bicyclic) bond motifs is 1. The van der Waals surface area contributed by atoms with E-state index in [-0.39, 0.29) is 17.7 Å². The summed E-state index contributed by atoms with van der Waals surface area (Å²) < 4.78 is 0. The number of nitrogens with one attached hydrogen (secondary N) is 1. The number of nitrogens with zero attached hydrogens (tertiary/aromatic N) is 1. The van der Waals surface area contributed by atoms with E-state index in [2.05, 4.69) is 17.4 Å². The van der Waals surface area contributed by atoms with E-state index in [9.17, 15) is 9.59 Å². The lowest BCUT2D eigenvalue weighted by Gasteiger charge is -2.22. The van der Waals surface area contributed by atoms with Crippen LogP contribution in [0.4, 0.5) is 0 Å². The number of ketones is 1. The fraction of sp³-hybridized carbons (Fsp3) is 0.529. The number of benzene rings is 1. The first-order valence-corrected chi connectivity index (χ1v) is 7.79. The molecule has 4 heteroatoms. The van der Waals surface area contributed by atoms with Crippen LogP contribution >= 0.6 is 0 Å². The van der Waals surface area contributed by atoms with E-state index in [4.69, 9.17) is 0 Å². The van der Waals surface area contributed by atoms with Crippen LogP contribution in [0.2, 0.25) is 0 Å². The van der Waals surface area contributed by atoms with E-state index in [0.29, 0.717) is 6.54 Å². The van der Waals surface area contributed by atoms with Gasteiger partial charge in [0, 0.05) is 12.6 Å². The number of carbonyl (C=O) groups excluding carboxylic acids is 2. The Morgan fingerprint density at radius 1 is 1.24 bits per heavy atom. The Hall–Kier alpha value is -1.68. The summed E-state index contributed by atoms with van der Waals surface area (Å²) in [5, 5.41) is 2.69. The van der Waals surface area contributed by atoms with Crippen LogP contribution in [0, 0.1) is 0 Å². The lowest BCUT2D eigenvalue weighted by molar-refractivity contribution is -0.124. The first-order chi connectivity index (χ1) is 10.2. The van der Waals surface area contributed by atoms with E-state index >= 15 is 0 Å². The summed E-state index contributed by atoms with van der Waals surface area (Å²) in [5.74, 6) is 0.148. The van der Waals surface area contributed by atoms with Gasteiger partial charge in [-0.3, -0.25) is 14.5 Å². The number of hydrogen-bond acceptors (Lipinski definition) is 3. The second-order valence-electron chi connectivity index (χ2n) is 6.00. The summed E-state index contributed by atoms with van der Waals surface area (Å²) in [6.07, 6.45) is 5.24. The Bertz CT molecular complexity index is 568. The van der Waals surface area contributed by atoms with Crippen molar-refractivity contribution >= 4 is 11.7 Å². The smallest absolute Gasteiger partial charge is 0.237 e. The van der Waals surface area contributed by atoms with Crippen LogP contribution in [0.3, 0.4) is 0 Å². The molecule has 1 aliphatic carbocycles. The van der Waals surface area contributed by atoms with Crippen LogP contribution in [-0.2, 0) is 17.6 Å². The van der Waals surface area contributed by atoms with Gasteiger partial charge < -0.3 is 5.32 Å². The van der Waals surface area contributed by atoms with Gasteiger partial charge in [-0.1, -0.05) is 12.1 Å². The van der Waals surface area contributed by atoms with Crippen LogP contribution in [-0.4, -0.2) is 42.8 Å². The van der Waals surface area contributed by atoms with E-state index in [0.717, 1.165) is 37.8 Å². The van der Waals surface area contributed by atoms with Crippen LogP contribution in [0.25, 0.3) is 0 Å². The molecule has 0 saturated carbocycles. The van der Waals surface area contributed by atoms with Crippen molar-refractivity contribution in [1.82, 2.24) is 10.2 Å². The summed E-state index contributed by atoms with van der Waals surface area (Å²) >= 11 is 0. The average molecular weight is 286 g/mol. The van der Waals surface area contributed by atoms with Crippen molar-refractivity contribution in [3.63, 3.8) is 0 Å². The molecule has 0 bridgehead atoms. The van der Waals surface area contributed by atoms with Crippen molar-refractivity contribution < 1.29 is 9.59 Å². The fourth-order valence-electron chi connectivity index (χ4n) is 3.50. The zero-order valence-corrected chi connectivity index (χ0v) is 12.5. The summed E-state index contributed by atoms with van der Waals surface area (Å²) in [6.45, 7) is 1.17. The van der Waals surface area contributed by atoms with Gasteiger partial charge in [-0.15, -0.1) is 0 Å². The molecule has 2 aliphatic rings. The number of rotatable bonds is 4. The first kappa shape index (κ1) is 14.3. The van der Waals surface area contributed by atoms with Crippen LogP contribution < -0.4 is 5.32 Å². The number of aryl methyl sites for hydroxylation is 2. The molecule has 1 amide bonds. The molecule has 1 fully saturated rings. The molecule has 1 aromatic carbocycles. The molecule has 1 atom stereocenters. The molecule has 1 N–H and O–H groups in total. The maximum absolute atomic E-state index is 12.5. The molecule has 3 rings (SSSR count). The lowest BCUT2D eigenvalue weighted by atomic mass is 10.0. The van der Waals surface area contributed by atoms with Gasteiger partial charge in [-0.05, 0) is 55.8 Å². The average Bonchev–Trinajstić information content (AvgIpc) is 3.14. The predicted molar refractivity (Wildman–Crippen MR) is 81.5 cm³/mol. The van der Waals surface area contributed by atoms with Gasteiger partial charge in [0.15, 0.2) is 5.78 Å². The van der Waals surface area contributed by atoms with E-state index < -0.39 is 0 Å². The molecule has 0 aromatic heterocycles. The quantitative estimate of drug-likeness (QED) is 0.855. The van der Waals surface area contributed by atoms with Crippen molar-refractivity contribution in [2.24, 2.45) is 0 Å². The maximum Gasteiger partial charge on any atom is 0.237 e. The van der Waals surface area contributed by atoms with Crippen LogP contribution in [0.5, 0.6) is 0 Å². The van der Waals surface area contributed by atoms with Crippen molar-refractivity contribution in [3.05, 3.63) is 34.9 Å². The lowest BCUT2D eigenvalue weighted by Crippen LogP contribution is -2.44. The minimum Gasteiger partial charge on any atom is -0.358 e. The van der Waals surface area contributed by atoms with Crippen molar-refractivity contribution in [3.8, 4) is 0 Å². The molecule has 1 aliphatic heterocycles. The minimum atomic E-state index is -0.145. The van der Waals surface area contributed by atoms with Crippen molar-refractivity contribution in [2.75, 3.05) is 20.1 Å².